The van der Waals surface area contributed by atoms with E-state index in [1.807, 2.05) is 18.2 Å². The van der Waals surface area contributed by atoms with Crippen molar-refractivity contribution >= 4 is 40.8 Å². The van der Waals surface area contributed by atoms with E-state index in [0.717, 1.165) is 5.44 Å². The molecule has 1 aliphatic rings. The third kappa shape index (κ3) is 5.93. The monoisotopic (exact) mass is 475 g/mol. The molecule has 0 bridgehead atoms. The number of carbonyl (C=O) groups is 1. The van der Waals surface area contributed by atoms with Crippen LogP contribution in [0.4, 0.5) is 0 Å². The average Bonchev–Trinajstić information content (AvgIpc) is 2.76. The van der Waals surface area contributed by atoms with E-state index >= 15 is 0 Å². The highest BCUT2D eigenvalue weighted by Crippen LogP contribution is 2.62. The molecule has 1 heterocycles. The largest absolute Gasteiger partial charge is 0.295 e. The Morgan fingerprint density at radius 2 is 1.06 bits per heavy atom. The molecule has 0 unspecified atom stereocenters. The third-order valence-electron chi connectivity index (χ3n) is 4.47. The van der Waals surface area contributed by atoms with Crippen LogP contribution >= 0.6 is 19.0 Å². The van der Waals surface area contributed by atoms with Crippen molar-refractivity contribution in [1.29, 1.82) is 0 Å². The second kappa shape index (κ2) is 10.4. The molecule has 1 aliphatic heterocycles. The Hall–Kier alpha value is -2.22. The van der Waals surface area contributed by atoms with E-state index in [0.29, 0.717) is 5.75 Å². The lowest BCUT2D eigenvalue weighted by Crippen LogP contribution is -2.68. The Morgan fingerprint density at radius 3 is 1.39 bits per heavy atom. The molecule has 0 atom stereocenters. The number of carbonyl (C=O) groups excluding carboxylic acids is 1. The minimum Gasteiger partial charge on any atom is -0.295 e. The van der Waals surface area contributed by atoms with Gasteiger partial charge >= 0.3 is 0 Å². The minimum atomic E-state index is -4.94. The lowest BCUT2D eigenvalue weighted by Gasteiger charge is -2.30. The van der Waals surface area contributed by atoms with Crippen LogP contribution in [0.25, 0.3) is 0 Å². The minimum absolute atomic E-state index is 0.0691. The number of hydrogen-bond acceptors (Lipinski definition) is 6. The van der Waals surface area contributed by atoms with E-state index in [1.165, 1.54) is 15.9 Å². The summed E-state index contributed by atoms with van der Waals surface area (Å²) < 4.78 is 34.0. The summed E-state index contributed by atoms with van der Waals surface area (Å²) >= 11 is 1.58. The number of benzene rings is 3. The summed E-state index contributed by atoms with van der Waals surface area (Å²) in [5, 5.41) is 9.07. The first-order valence-electron chi connectivity index (χ1n) is 9.11. The Morgan fingerprint density at radius 1 is 0.710 bits per heavy atom. The van der Waals surface area contributed by atoms with Crippen molar-refractivity contribution in [3.63, 3.8) is 0 Å². The second-order valence-electron chi connectivity index (χ2n) is 6.42. The molecule has 4 rings (SSSR count). The van der Waals surface area contributed by atoms with Gasteiger partial charge in [0, 0.05) is 5.41 Å². The molecule has 31 heavy (non-hydrogen) atoms. The van der Waals surface area contributed by atoms with Crippen LogP contribution < -0.4 is 39.9 Å². The molecular formula is C22H19ClNO5PS. The fourth-order valence-electron chi connectivity index (χ4n) is 3.39. The van der Waals surface area contributed by atoms with E-state index in [9.17, 15) is 4.79 Å². The summed E-state index contributed by atoms with van der Waals surface area (Å²) in [5.41, 5.74) is 1.02. The molecule has 0 fully saturated rings. The van der Waals surface area contributed by atoms with Crippen LogP contribution in [0.3, 0.4) is 0 Å². The van der Waals surface area contributed by atoms with E-state index in [4.69, 9.17) is 18.6 Å². The zero-order valence-electron chi connectivity index (χ0n) is 16.2. The number of amides is 1. The van der Waals surface area contributed by atoms with Crippen LogP contribution in [0, 0.1) is 10.2 Å². The summed E-state index contributed by atoms with van der Waals surface area (Å²) in [4.78, 5) is 12.3. The number of halogens is 1. The first-order chi connectivity index (χ1) is 14.8. The third-order valence-corrected chi connectivity index (χ3v) is 9.66. The van der Waals surface area contributed by atoms with E-state index in [2.05, 4.69) is 83.5 Å². The molecule has 3 aromatic carbocycles. The second-order valence-corrected chi connectivity index (χ2v) is 11.4. The summed E-state index contributed by atoms with van der Waals surface area (Å²) in [5.74, 6) is 0.543. The molecule has 6 nitrogen and oxygen atoms in total. The summed E-state index contributed by atoms with van der Waals surface area (Å²) in [6, 6.07) is 31.7. The van der Waals surface area contributed by atoms with Crippen molar-refractivity contribution in [3.05, 3.63) is 102 Å². The molecule has 0 saturated carbocycles. The van der Waals surface area contributed by atoms with Gasteiger partial charge in [-0.3, -0.25) is 10.1 Å². The van der Waals surface area contributed by atoms with Gasteiger partial charge in [0.1, 0.15) is 15.9 Å². The van der Waals surface area contributed by atoms with Gasteiger partial charge in [-0.15, -0.1) is 22.0 Å². The van der Waals surface area contributed by atoms with Crippen molar-refractivity contribution < 1.29 is 33.7 Å². The quantitative estimate of drug-likeness (QED) is 0.477. The molecule has 0 spiro atoms. The number of rotatable bonds is 4. The van der Waals surface area contributed by atoms with Gasteiger partial charge in [0.05, 0.1) is 5.75 Å². The zero-order valence-corrected chi connectivity index (χ0v) is 18.7. The maximum absolute atomic E-state index is 12.3. The molecule has 1 N–H and O–H groups in total. The van der Waals surface area contributed by atoms with Crippen molar-refractivity contribution in [2.24, 2.45) is 0 Å². The Balaban J connectivity index is 0.000000491. The van der Waals surface area contributed by atoms with Crippen molar-refractivity contribution in [2.75, 3.05) is 5.75 Å². The van der Waals surface area contributed by atoms with Gasteiger partial charge in [-0.1, -0.05) is 54.6 Å². The Labute approximate surface area is 187 Å². The number of nitrogens with one attached hydrogen (secondary N) is 1. The maximum Gasteiger partial charge on any atom is 0.237 e. The van der Waals surface area contributed by atoms with Crippen LogP contribution in [0.15, 0.2) is 102 Å². The Bertz CT molecular complexity index is 927. The van der Waals surface area contributed by atoms with Crippen LogP contribution in [-0.2, 0) is 4.79 Å². The lowest BCUT2D eigenvalue weighted by atomic mass is 10.4. The molecule has 0 saturated heterocycles. The highest BCUT2D eigenvalue weighted by Gasteiger charge is 2.51. The fraction of sp³-hybridized carbons (Fsp3) is 0.0455. The molecule has 3 aromatic rings. The van der Waals surface area contributed by atoms with Gasteiger partial charge < -0.3 is 0 Å². The van der Waals surface area contributed by atoms with Crippen LogP contribution in [-0.4, -0.2) is 11.7 Å². The van der Waals surface area contributed by atoms with Gasteiger partial charge in [0.25, 0.3) is 0 Å². The van der Waals surface area contributed by atoms with Gasteiger partial charge in [0.2, 0.25) is 5.91 Å². The van der Waals surface area contributed by atoms with Gasteiger partial charge in [-0.2, -0.15) is 0 Å². The summed E-state index contributed by atoms with van der Waals surface area (Å²) in [6.07, 6.45) is 0. The normalized spacial score (nSPS) is 14.1. The van der Waals surface area contributed by atoms with Gasteiger partial charge in [-0.05, 0) is 36.4 Å². The molecule has 9 heteroatoms. The molecule has 0 aliphatic carbocycles. The maximum atomic E-state index is 12.3. The first kappa shape index (κ1) is 23.4. The topological polar surface area (TPSA) is 121 Å². The molecular weight excluding hydrogens is 457 g/mol. The number of hydrogen-bond donors (Lipinski definition) is 1. The fourth-order valence-corrected chi connectivity index (χ4v) is 8.65. The predicted octanol–water partition coefficient (Wildman–Crippen LogP) is -1.11. The smallest absolute Gasteiger partial charge is 0.237 e. The van der Waals surface area contributed by atoms with Gasteiger partial charge in [-0.25, -0.2) is 18.6 Å². The van der Waals surface area contributed by atoms with Gasteiger partial charge in [0.15, 0.2) is 12.7 Å². The Kier molecular flexibility index (Phi) is 7.86. The molecule has 160 valence electrons. The summed E-state index contributed by atoms with van der Waals surface area (Å²) in [6.45, 7) is 0. The molecule has 0 aromatic heterocycles. The lowest BCUT2D eigenvalue weighted by molar-refractivity contribution is -2.00. The van der Waals surface area contributed by atoms with Crippen LogP contribution in [0.1, 0.15) is 0 Å². The highest BCUT2D eigenvalue weighted by atomic mass is 35.7. The van der Waals surface area contributed by atoms with E-state index < -0.39 is 17.5 Å². The van der Waals surface area contributed by atoms with Crippen molar-refractivity contribution in [2.45, 2.75) is 0 Å². The first-order valence-corrected chi connectivity index (χ1v) is 13.2. The van der Waals surface area contributed by atoms with Crippen molar-refractivity contribution in [1.82, 2.24) is 5.32 Å². The van der Waals surface area contributed by atoms with Crippen LogP contribution in [0.5, 0.6) is 0 Å². The average molecular weight is 476 g/mol. The highest BCUT2D eigenvalue weighted by molar-refractivity contribution is 8.05. The van der Waals surface area contributed by atoms with Crippen molar-refractivity contribution in [3.8, 4) is 0 Å². The van der Waals surface area contributed by atoms with E-state index in [1.54, 1.807) is 11.8 Å². The number of thioether (sulfide) groups is 1. The molecule has 0 radical (unpaired) electrons. The summed E-state index contributed by atoms with van der Waals surface area (Å²) in [7, 11) is -7.10. The predicted molar refractivity (Wildman–Crippen MR) is 114 cm³/mol. The van der Waals surface area contributed by atoms with Crippen LogP contribution in [0.2, 0.25) is 0 Å². The standard InChI is InChI=1S/C22H18NOPS.ClHO4/c24-21-16-26-17-22(23-21)25(18-10-4-1-5-11-18,19-12-6-2-7-13-19)20-14-8-3-9-15-20;2-1(3,4)5/h1-15,17H,16H2;(H,2,3,4,5). The zero-order chi connectivity index (χ0) is 22.3. The molecule has 1 amide bonds. The SMILES string of the molecule is O=C1CSC=C([P+](c2ccccc2)(c2ccccc2)c2ccccc2)N1.[O-][Cl+3]([O-])([O-])[O-]. The van der Waals surface area contributed by atoms with E-state index in [-0.39, 0.29) is 5.91 Å².